The number of nitrogens with zero attached hydrogens (tertiary/aromatic N) is 2. The molecule has 38 heavy (non-hydrogen) atoms. The van der Waals surface area contributed by atoms with Gasteiger partial charge in [-0.1, -0.05) is 30.3 Å². The maximum absolute atomic E-state index is 14.1. The van der Waals surface area contributed by atoms with Gasteiger partial charge in [0.25, 0.3) is 10.0 Å². The van der Waals surface area contributed by atoms with Crippen molar-refractivity contribution in [2.24, 2.45) is 0 Å². The van der Waals surface area contributed by atoms with Gasteiger partial charge in [-0.15, -0.1) is 0 Å². The van der Waals surface area contributed by atoms with Gasteiger partial charge in [-0.25, -0.2) is 12.8 Å². The van der Waals surface area contributed by atoms with Crippen LogP contribution in [0.4, 0.5) is 17.6 Å². The highest BCUT2D eigenvalue weighted by molar-refractivity contribution is 7.89. The van der Waals surface area contributed by atoms with Crippen molar-refractivity contribution in [1.29, 1.82) is 0 Å². The van der Waals surface area contributed by atoms with Gasteiger partial charge >= 0.3 is 6.18 Å². The molecule has 0 radical (unpaired) electrons. The van der Waals surface area contributed by atoms with E-state index in [0.717, 1.165) is 22.6 Å². The van der Waals surface area contributed by atoms with Gasteiger partial charge in [0, 0.05) is 30.9 Å². The summed E-state index contributed by atoms with van der Waals surface area (Å²) >= 11 is 0. The summed E-state index contributed by atoms with van der Waals surface area (Å²) in [6.07, 6.45) is -2.64. The highest BCUT2D eigenvalue weighted by Crippen LogP contribution is 2.32. The molecule has 1 atom stereocenters. The Bertz CT molecular complexity index is 1600. The normalized spacial score (nSPS) is 16.7. The van der Waals surface area contributed by atoms with Crippen LogP contribution in [0.2, 0.25) is 0 Å². The number of fused-ring (bicyclic) bond motifs is 1. The van der Waals surface area contributed by atoms with Crippen LogP contribution in [0.1, 0.15) is 24.1 Å². The lowest BCUT2D eigenvalue weighted by molar-refractivity contribution is -0.141. The van der Waals surface area contributed by atoms with Crippen LogP contribution >= 0.6 is 0 Å². The zero-order valence-corrected chi connectivity index (χ0v) is 20.5. The molecule has 12 heteroatoms. The average Bonchev–Trinajstić information content (AvgIpc) is 3.56. The van der Waals surface area contributed by atoms with Gasteiger partial charge in [-0.3, -0.25) is 9.78 Å². The first-order chi connectivity index (χ1) is 18.0. The lowest BCUT2D eigenvalue weighted by Gasteiger charge is -2.22. The SMILES string of the molecule is O=C(NCc1cccc(-c2ccc(C(F)(F)F)nc2)c1)[C@@H]1CCCN1S(=O)(=O)c1cc2c(F)cccc2o1. The highest BCUT2D eigenvalue weighted by atomic mass is 32.2. The summed E-state index contributed by atoms with van der Waals surface area (Å²) in [4.78, 5) is 16.5. The molecule has 0 aliphatic carbocycles. The average molecular weight is 548 g/mol. The van der Waals surface area contributed by atoms with Crippen LogP contribution in [0.3, 0.4) is 0 Å². The van der Waals surface area contributed by atoms with Crippen LogP contribution in [0.5, 0.6) is 0 Å². The van der Waals surface area contributed by atoms with E-state index in [2.05, 4.69) is 10.3 Å². The molecule has 0 spiro atoms. The van der Waals surface area contributed by atoms with Crippen LogP contribution in [-0.4, -0.2) is 36.2 Å². The number of sulfonamides is 1. The molecule has 0 unspecified atom stereocenters. The zero-order valence-electron chi connectivity index (χ0n) is 19.7. The molecule has 2 aromatic heterocycles. The van der Waals surface area contributed by atoms with E-state index in [9.17, 15) is 30.8 Å². The summed E-state index contributed by atoms with van der Waals surface area (Å²) < 4.78 is 85.4. The fraction of sp³-hybridized carbons (Fsp3) is 0.231. The Balaban J connectivity index is 1.29. The molecular weight excluding hydrogens is 526 g/mol. The van der Waals surface area contributed by atoms with Gasteiger partial charge in [0.15, 0.2) is 0 Å². The van der Waals surface area contributed by atoms with Crippen molar-refractivity contribution in [3.05, 3.63) is 83.9 Å². The van der Waals surface area contributed by atoms with E-state index >= 15 is 0 Å². The van der Waals surface area contributed by atoms with Crippen LogP contribution in [0.15, 0.2) is 76.4 Å². The van der Waals surface area contributed by atoms with Crippen LogP contribution in [-0.2, 0) is 27.5 Å². The number of pyridine rings is 1. The summed E-state index contributed by atoms with van der Waals surface area (Å²) in [5, 5.41) is 2.34. The lowest BCUT2D eigenvalue weighted by Crippen LogP contribution is -2.45. The maximum Gasteiger partial charge on any atom is 0.433 e. The summed E-state index contributed by atoms with van der Waals surface area (Å²) in [6, 6.07) is 13.3. The quantitative estimate of drug-likeness (QED) is 0.338. The molecule has 0 saturated carbocycles. The molecule has 7 nitrogen and oxygen atoms in total. The van der Waals surface area contributed by atoms with Crippen molar-refractivity contribution < 1.29 is 35.2 Å². The summed E-state index contributed by atoms with van der Waals surface area (Å²) in [7, 11) is -4.20. The third kappa shape index (κ3) is 5.01. The number of carbonyl (C=O) groups is 1. The number of rotatable bonds is 6. The second-order valence-corrected chi connectivity index (χ2v) is 10.7. The molecule has 1 amide bonds. The van der Waals surface area contributed by atoms with Gasteiger partial charge in [0.2, 0.25) is 11.0 Å². The monoisotopic (exact) mass is 547 g/mol. The Morgan fingerprint density at radius 3 is 2.58 bits per heavy atom. The van der Waals surface area contributed by atoms with Crippen molar-refractivity contribution in [2.45, 2.75) is 36.7 Å². The highest BCUT2D eigenvalue weighted by Gasteiger charge is 2.41. The first-order valence-electron chi connectivity index (χ1n) is 11.6. The molecule has 1 N–H and O–H groups in total. The number of carbonyl (C=O) groups excluding carboxylic acids is 1. The lowest BCUT2D eigenvalue weighted by atomic mass is 10.0. The third-order valence-corrected chi connectivity index (χ3v) is 8.10. The Morgan fingerprint density at radius 1 is 1.08 bits per heavy atom. The number of aromatic nitrogens is 1. The molecule has 1 aliphatic rings. The van der Waals surface area contributed by atoms with E-state index in [1.165, 1.54) is 24.3 Å². The van der Waals surface area contributed by atoms with E-state index in [1.54, 1.807) is 24.3 Å². The van der Waals surface area contributed by atoms with Gasteiger partial charge in [0.1, 0.15) is 23.1 Å². The van der Waals surface area contributed by atoms with Gasteiger partial charge < -0.3 is 9.73 Å². The second-order valence-electron chi connectivity index (χ2n) is 8.84. The number of alkyl halides is 3. The van der Waals surface area contributed by atoms with E-state index in [0.29, 0.717) is 29.5 Å². The Hall–Kier alpha value is -3.77. The van der Waals surface area contributed by atoms with Gasteiger partial charge in [0.05, 0.1) is 5.39 Å². The van der Waals surface area contributed by atoms with Crippen molar-refractivity contribution in [3.63, 3.8) is 0 Å². The maximum atomic E-state index is 14.1. The molecule has 3 heterocycles. The predicted molar refractivity (Wildman–Crippen MR) is 130 cm³/mol. The Kier molecular flexibility index (Phi) is 6.70. The molecular formula is C26H21F4N3O4S. The number of hydrogen-bond donors (Lipinski definition) is 1. The molecule has 4 aromatic rings. The van der Waals surface area contributed by atoms with E-state index in [1.807, 2.05) is 0 Å². The Labute approximate surface area is 215 Å². The molecule has 1 aliphatic heterocycles. The standard InChI is InChI=1S/C26H21F4N3O4S/c27-20-6-2-8-22-19(20)13-24(37-22)38(35,36)33-11-3-7-21(33)25(34)32-14-16-4-1-5-17(12-16)18-9-10-23(31-15-18)26(28,29)30/h1-2,4-6,8-10,12-13,15,21H,3,7,11,14H2,(H,32,34)/t21-/m0/s1. The minimum atomic E-state index is -4.53. The van der Waals surface area contributed by atoms with Crippen molar-refractivity contribution in [3.8, 4) is 11.1 Å². The first kappa shape index (κ1) is 25.9. The molecule has 1 fully saturated rings. The topological polar surface area (TPSA) is 92.5 Å². The zero-order chi connectivity index (χ0) is 27.1. The van der Waals surface area contributed by atoms with Crippen molar-refractivity contribution >= 4 is 26.9 Å². The summed E-state index contributed by atoms with van der Waals surface area (Å²) in [5.41, 5.74) is 0.845. The van der Waals surface area contributed by atoms with Crippen molar-refractivity contribution in [1.82, 2.24) is 14.6 Å². The van der Waals surface area contributed by atoms with Crippen LogP contribution in [0.25, 0.3) is 22.1 Å². The van der Waals surface area contributed by atoms with E-state index in [-0.39, 0.29) is 24.1 Å². The number of nitrogens with one attached hydrogen (secondary N) is 1. The first-order valence-corrected chi connectivity index (χ1v) is 13.1. The number of benzene rings is 2. The van der Waals surface area contributed by atoms with Crippen LogP contribution < -0.4 is 5.32 Å². The summed E-state index contributed by atoms with van der Waals surface area (Å²) in [6.45, 7) is 0.178. The minimum absolute atomic E-state index is 0.0365. The van der Waals surface area contributed by atoms with E-state index in [4.69, 9.17) is 4.42 Å². The van der Waals surface area contributed by atoms with Gasteiger partial charge in [-0.05, 0) is 48.2 Å². The van der Waals surface area contributed by atoms with E-state index < -0.39 is 44.8 Å². The van der Waals surface area contributed by atoms with Gasteiger partial charge in [-0.2, -0.15) is 17.5 Å². The summed E-state index contributed by atoms with van der Waals surface area (Å²) in [5.74, 6) is -1.12. The molecule has 1 saturated heterocycles. The van der Waals surface area contributed by atoms with Crippen molar-refractivity contribution in [2.75, 3.05) is 6.54 Å². The fourth-order valence-electron chi connectivity index (χ4n) is 4.43. The number of furan rings is 1. The number of halogens is 4. The molecule has 198 valence electrons. The Morgan fingerprint density at radius 2 is 1.87 bits per heavy atom. The smallest absolute Gasteiger partial charge is 0.433 e. The number of hydrogen-bond acceptors (Lipinski definition) is 5. The minimum Gasteiger partial charge on any atom is -0.443 e. The largest absolute Gasteiger partial charge is 0.443 e. The molecule has 5 rings (SSSR count). The second kappa shape index (κ2) is 9.84. The third-order valence-electron chi connectivity index (χ3n) is 6.34. The predicted octanol–water partition coefficient (Wildman–Crippen LogP) is 5.12. The fourth-order valence-corrected chi connectivity index (χ4v) is 6.03. The number of amides is 1. The molecule has 2 aromatic carbocycles. The van der Waals surface area contributed by atoms with Crippen LogP contribution in [0, 0.1) is 5.82 Å². The molecule has 0 bridgehead atoms.